The molecule has 1 aliphatic rings. The first-order valence-electron chi connectivity index (χ1n) is 12.9. The number of nitrogens with zero attached hydrogens (tertiary/aromatic N) is 3. The molecule has 4 aromatic rings. The van der Waals surface area contributed by atoms with Gasteiger partial charge in [-0.15, -0.1) is 11.3 Å². The van der Waals surface area contributed by atoms with E-state index in [1.54, 1.807) is 6.92 Å². The molecule has 39 heavy (non-hydrogen) atoms. The van der Waals surface area contributed by atoms with Gasteiger partial charge < -0.3 is 19.4 Å². The van der Waals surface area contributed by atoms with Gasteiger partial charge in [0.05, 0.1) is 35.2 Å². The number of hydrogen-bond acceptors (Lipinski definition) is 8. The summed E-state index contributed by atoms with van der Waals surface area (Å²) in [5, 5.41) is 20.4. The monoisotopic (exact) mass is 553 g/mol. The highest BCUT2D eigenvalue weighted by molar-refractivity contribution is 7.22. The van der Waals surface area contributed by atoms with Crippen LogP contribution in [-0.4, -0.2) is 42.5 Å². The molecule has 2 N–H and O–H groups in total. The van der Waals surface area contributed by atoms with Crippen LogP contribution in [0.4, 0.5) is 0 Å². The van der Waals surface area contributed by atoms with Gasteiger partial charge in [-0.3, -0.25) is 9.36 Å². The summed E-state index contributed by atoms with van der Waals surface area (Å²) in [6.07, 6.45) is 4.51. The molecule has 0 unspecified atom stereocenters. The zero-order valence-electron chi connectivity index (χ0n) is 22.0. The van der Waals surface area contributed by atoms with Crippen LogP contribution < -0.4 is 11.2 Å². The van der Waals surface area contributed by atoms with Crippen molar-refractivity contribution in [3.05, 3.63) is 74.8 Å². The molecule has 1 fully saturated rings. The van der Waals surface area contributed by atoms with Crippen LogP contribution in [-0.2, 0) is 21.6 Å². The van der Waals surface area contributed by atoms with Crippen LogP contribution in [0.2, 0.25) is 0 Å². The van der Waals surface area contributed by atoms with E-state index in [4.69, 9.17) is 9.15 Å². The van der Waals surface area contributed by atoms with Crippen LogP contribution in [0, 0.1) is 6.92 Å². The number of aliphatic hydroxyl groups is 1. The quantitative estimate of drug-likeness (QED) is 0.333. The van der Waals surface area contributed by atoms with Crippen molar-refractivity contribution in [2.45, 2.75) is 76.9 Å². The second-order valence-corrected chi connectivity index (χ2v) is 11.4. The third-order valence-corrected chi connectivity index (χ3v) is 8.70. The lowest BCUT2D eigenvalue weighted by Crippen LogP contribution is -2.52. The number of benzene rings is 1. The summed E-state index contributed by atoms with van der Waals surface area (Å²) in [5.74, 6) is -0.997. The Balaban J connectivity index is 1.72. The minimum absolute atomic E-state index is 0.0346. The van der Waals surface area contributed by atoms with Crippen LogP contribution >= 0.6 is 11.3 Å². The van der Waals surface area contributed by atoms with Crippen LogP contribution in [0.1, 0.15) is 56.8 Å². The van der Waals surface area contributed by atoms with Gasteiger partial charge in [0.2, 0.25) is 5.89 Å². The first kappa shape index (κ1) is 27.0. The summed E-state index contributed by atoms with van der Waals surface area (Å²) in [6, 6.07) is 9.45. The molecule has 11 heteroatoms. The van der Waals surface area contributed by atoms with Crippen molar-refractivity contribution < 1.29 is 24.2 Å². The normalized spacial score (nSPS) is 18.9. The van der Waals surface area contributed by atoms with E-state index < -0.39 is 35.0 Å². The predicted octanol–water partition coefficient (Wildman–Crippen LogP) is 4.07. The molecular formula is C28H31N3O7S. The van der Waals surface area contributed by atoms with Gasteiger partial charge in [-0.25, -0.2) is 19.1 Å². The SMILES string of the molecule is Cc1c(-c2ncco2)sc2c1c(=O)n(C(C)(C)C(=O)O)c(=O)n2C[C@@H](O[C@H]1CCC[C@@H](O)C1)c1ccccc1. The first-order chi connectivity index (χ1) is 18.6. The lowest BCUT2D eigenvalue weighted by molar-refractivity contribution is -0.146. The Kier molecular flexibility index (Phi) is 7.32. The molecule has 1 aliphatic carbocycles. The number of fused-ring (bicyclic) bond motifs is 1. The van der Waals surface area contributed by atoms with Crippen molar-refractivity contribution in [2.75, 3.05) is 0 Å². The number of rotatable bonds is 8. The third-order valence-electron chi connectivity index (χ3n) is 7.40. The van der Waals surface area contributed by atoms with E-state index in [-0.39, 0.29) is 18.0 Å². The standard InChI is InChI=1S/C28H31N3O7S/c1-16-21-24(33)31(28(2,3)26(34)35)27(36)30(25(21)39-22(16)23-29-12-13-37-23)15-20(17-8-5-4-6-9-17)38-19-11-7-10-18(32)14-19/h4-6,8-9,12-13,18-20,32H,7,10-11,14-15H2,1-3H3,(H,34,35)/t18-,19+,20-/m1/s1. The summed E-state index contributed by atoms with van der Waals surface area (Å²) >= 11 is 1.20. The largest absolute Gasteiger partial charge is 0.480 e. The molecule has 3 aromatic heterocycles. The van der Waals surface area contributed by atoms with Gasteiger partial charge in [-0.05, 0) is 57.6 Å². The van der Waals surface area contributed by atoms with E-state index >= 15 is 0 Å². The molecule has 3 atom stereocenters. The van der Waals surface area contributed by atoms with Gasteiger partial charge in [-0.2, -0.15) is 0 Å². The molecular weight excluding hydrogens is 522 g/mol. The Morgan fingerprint density at radius 2 is 2.00 bits per heavy atom. The average Bonchev–Trinajstić information content (AvgIpc) is 3.54. The molecule has 0 aliphatic heterocycles. The molecule has 3 heterocycles. The van der Waals surface area contributed by atoms with E-state index in [1.165, 1.54) is 42.2 Å². The highest BCUT2D eigenvalue weighted by Crippen LogP contribution is 2.37. The number of aliphatic hydroxyl groups excluding tert-OH is 1. The molecule has 0 saturated heterocycles. The fourth-order valence-electron chi connectivity index (χ4n) is 5.17. The lowest BCUT2D eigenvalue weighted by Gasteiger charge is -2.31. The second-order valence-electron chi connectivity index (χ2n) is 10.4. The van der Waals surface area contributed by atoms with E-state index in [0.717, 1.165) is 29.4 Å². The summed E-state index contributed by atoms with van der Waals surface area (Å²) in [5.41, 5.74) is -1.85. The minimum Gasteiger partial charge on any atom is -0.480 e. The van der Waals surface area contributed by atoms with Gasteiger partial charge in [0.1, 0.15) is 22.7 Å². The van der Waals surface area contributed by atoms with Crippen molar-refractivity contribution >= 4 is 27.5 Å². The van der Waals surface area contributed by atoms with Crippen LogP contribution in [0.25, 0.3) is 21.0 Å². The maximum atomic E-state index is 14.0. The molecule has 0 radical (unpaired) electrons. The average molecular weight is 554 g/mol. The molecule has 0 bridgehead atoms. The van der Waals surface area contributed by atoms with Crippen molar-refractivity contribution in [3.63, 3.8) is 0 Å². The smallest absolute Gasteiger partial charge is 0.333 e. The predicted molar refractivity (Wildman–Crippen MR) is 146 cm³/mol. The fourth-order valence-corrected chi connectivity index (χ4v) is 6.41. The highest BCUT2D eigenvalue weighted by atomic mass is 32.1. The summed E-state index contributed by atoms with van der Waals surface area (Å²) in [7, 11) is 0. The number of ether oxygens (including phenoxy) is 1. The number of aliphatic carboxylic acids is 1. The molecule has 0 spiro atoms. The van der Waals surface area contributed by atoms with Gasteiger partial charge in [0.25, 0.3) is 5.56 Å². The number of oxazole rings is 1. The van der Waals surface area contributed by atoms with E-state index in [9.17, 15) is 24.6 Å². The Hall–Kier alpha value is -3.54. The maximum Gasteiger partial charge on any atom is 0.333 e. The number of aryl methyl sites for hydroxylation is 1. The summed E-state index contributed by atoms with van der Waals surface area (Å²) in [4.78, 5) is 45.2. The van der Waals surface area contributed by atoms with Gasteiger partial charge in [-0.1, -0.05) is 30.3 Å². The summed E-state index contributed by atoms with van der Waals surface area (Å²) < 4.78 is 14.3. The Morgan fingerprint density at radius 3 is 2.64 bits per heavy atom. The molecule has 1 saturated carbocycles. The Labute approximate surface area is 228 Å². The number of carboxylic acids is 1. The number of hydrogen-bond donors (Lipinski definition) is 2. The number of thiophene rings is 1. The Bertz CT molecular complexity index is 1600. The van der Waals surface area contributed by atoms with Crippen molar-refractivity contribution in [3.8, 4) is 10.8 Å². The van der Waals surface area contributed by atoms with Gasteiger partial charge >= 0.3 is 11.7 Å². The molecule has 10 nitrogen and oxygen atoms in total. The second kappa shape index (κ2) is 10.6. The molecule has 5 rings (SSSR count). The zero-order valence-corrected chi connectivity index (χ0v) is 22.8. The minimum atomic E-state index is -1.81. The van der Waals surface area contributed by atoms with Crippen LogP contribution in [0.5, 0.6) is 0 Å². The van der Waals surface area contributed by atoms with Gasteiger partial charge in [0.15, 0.2) is 0 Å². The topological polar surface area (TPSA) is 137 Å². The highest BCUT2D eigenvalue weighted by Gasteiger charge is 2.36. The van der Waals surface area contributed by atoms with Crippen molar-refractivity contribution in [1.82, 2.24) is 14.1 Å². The van der Waals surface area contributed by atoms with Crippen LogP contribution in [0.3, 0.4) is 0 Å². The van der Waals surface area contributed by atoms with Crippen molar-refractivity contribution in [2.24, 2.45) is 0 Å². The number of carboxylic acid groups (broad SMARTS) is 1. The molecule has 1 aromatic carbocycles. The Morgan fingerprint density at radius 1 is 1.26 bits per heavy atom. The molecule has 206 valence electrons. The van der Waals surface area contributed by atoms with E-state index in [1.807, 2.05) is 30.3 Å². The van der Waals surface area contributed by atoms with E-state index in [2.05, 4.69) is 4.98 Å². The zero-order chi connectivity index (χ0) is 27.9. The lowest BCUT2D eigenvalue weighted by atomic mass is 9.94. The maximum absolute atomic E-state index is 14.0. The van der Waals surface area contributed by atoms with Crippen LogP contribution in [0.15, 0.2) is 56.8 Å². The van der Waals surface area contributed by atoms with E-state index in [0.29, 0.717) is 27.6 Å². The first-order valence-corrected chi connectivity index (χ1v) is 13.7. The van der Waals surface area contributed by atoms with Gasteiger partial charge in [0, 0.05) is 0 Å². The number of aromatic nitrogens is 3. The van der Waals surface area contributed by atoms with Crippen molar-refractivity contribution in [1.29, 1.82) is 0 Å². The third kappa shape index (κ3) is 4.97. The fraction of sp³-hybridized carbons (Fsp3) is 0.429. The molecule has 0 amide bonds. The summed E-state index contributed by atoms with van der Waals surface area (Å²) in [6.45, 7) is 4.44. The number of carbonyl (C=O) groups is 1.